The Kier molecular flexibility index (Phi) is 54.2. The fraction of sp³-hybridized carbons (Fsp3) is 0.583. The summed E-state index contributed by atoms with van der Waals surface area (Å²) >= 11 is 1.75. The van der Waals surface area contributed by atoms with Crippen LogP contribution in [0.3, 0.4) is 0 Å². The molecule has 0 aromatic heterocycles. The lowest BCUT2D eigenvalue weighted by Crippen LogP contribution is -2.27. The van der Waals surface area contributed by atoms with Crippen LogP contribution in [-0.4, -0.2) is 64.1 Å². The van der Waals surface area contributed by atoms with Gasteiger partial charge < -0.3 is 0 Å². The molecule has 9 heteroatoms. The number of hydrogen-bond donors (Lipinski definition) is 0. The van der Waals surface area contributed by atoms with Crippen LogP contribution in [0.5, 0.6) is 0 Å². The molecule has 0 bridgehead atoms. The molecule has 0 amide bonds. The van der Waals surface area contributed by atoms with Gasteiger partial charge in [-0.25, -0.2) is 25.4 Å². The van der Waals surface area contributed by atoms with Crippen LogP contribution < -0.4 is 0 Å². The first kappa shape index (κ1) is 69.2. The van der Waals surface area contributed by atoms with Crippen molar-refractivity contribution in [2.45, 2.75) is 150 Å². The van der Waals surface area contributed by atoms with E-state index >= 15 is 0 Å². The van der Waals surface area contributed by atoms with Crippen LogP contribution >= 0.6 is 11.8 Å². The summed E-state index contributed by atoms with van der Waals surface area (Å²) in [5, 5.41) is 0. The van der Waals surface area contributed by atoms with Crippen molar-refractivity contribution in [3.8, 4) is 0 Å². The Morgan fingerprint density at radius 1 is 0.614 bits per heavy atom. The molecular formula is C48H92N2O4S3. The Labute approximate surface area is 362 Å². The van der Waals surface area contributed by atoms with E-state index in [0.29, 0.717) is 13.1 Å². The number of allylic oxidation sites excluding steroid dienone is 1. The number of hydrogen-bond acceptors (Lipinski definition) is 5. The highest BCUT2D eigenvalue weighted by atomic mass is 32.2. The van der Waals surface area contributed by atoms with Gasteiger partial charge in [-0.05, 0) is 68.7 Å². The van der Waals surface area contributed by atoms with E-state index in [1.807, 2.05) is 150 Å². The van der Waals surface area contributed by atoms with Gasteiger partial charge in [-0.2, -0.15) is 11.8 Å². The van der Waals surface area contributed by atoms with E-state index < -0.39 is 20.0 Å². The average Bonchev–Trinajstić information content (AvgIpc) is 3.19. The van der Waals surface area contributed by atoms with Crippen molar-refractivity contribution in [3.05, 3.63) is 119 Å². The summed E-state index contributed by atoms with van der Waals surface area (Å²) in [6, 6.07) is 24.4. The average molecular weight is 857 g/mol. The zero-order valence-corrected chi connectivity index (χ0v) is 43.7. The van der Waals surface area contributed by atoms with E-state index in [0.717, 1.165) is 28.7 Å². The number of benzene rings is 3. The first-order valence-electron chi connectivity index (χ1n) is 20.7. The third kappa shape index (κ3) is 43.0. The second-order valence-electron chi connectivity index (χ2n) is 12.4. The molecule has 0 fully saturated rings. The summed E-state index contributed by atoms with van der Waals surface area (Å²) in [6.07, 6.45) is 8.25. The van der Waals surface area contributed by atoms with Crippen molar-refractivity contribution >= 4 is 31.8 Å². The normalized spacial score (nSPS) is 9.63. The van der Waals surface area contributed by atoms with Crippen LogP contribution in [0.15, 0.2) is 85.5 Å². The largest absolute Gasteiger partial charge is 0.213 e. The molecule has 0 atom stereocenters. The van der Waals surface area contributed by atoms with Gasteiger partial charge in [0.05, 0.1) is 12.0 Å². The molecule has 0 aliphatic carbocycles. The molecule has 0 radical (unpaired) electrons. The zero-order valence-electron chi connectivity index (χ0n) is 41.3. The number of aryl methyl sites for hydroxylation is 3. The second kappa shape index (κ2) is 44.7. The molecule has 0 N–H and O–H groups in total. The minimum absolute atomic E-state index is 0.148. The summed E-state index contributed by atoms with van der Waals surface area (Å²) in [5.41, 5.74) is 7.37. The molecule has 6 nitrogen and oxygen atoms in total. The van der Waals surface area contributed by atoms with Crippen molar-refractivity contribution in [1.29, 1.82) is 0 Å². The van der Waals surface area contributed by atoms with Gasteiger partial charge in [0.2, 0.25) is 20.0 Å². The molecule has 0 aliphatic heterocycles. The summed E-state index contributed by atoms with van der Waals surface area (Å²) in [6.45, 7) is 40.9. The van der Waals surface area contributed by atoms with Crippen molar-refractivity contribution < 1.29 is 16.8 Å². The van der Waals surface area contributed by atoms with Crippen LogP contribution in [0.2, 0.25) is 0 Å². The highest BCUT2D eigenvalue weighted by molar-refractivity contribution is 7.97. The van der Waals surface area contributed by atoms with E-state index in [-0.39, 0.29) is 11.2 Å². The fourth-order valence-electron chi connectivity index (χ4n) is 3.68. The molecule has 0 aliphatic rings. The first-order valence-corrected chi connectivity index (χ1v) is 25.8. The van der Waals surface area contributed by atoms with Gasteiger partial charge in [-0.1, -0.05) is 192 Å². The lowest BCUT2D eigenvalue weighted by molar-refractivity contribution is 0.467. The van der Waals surface area contributed by atoms with Crippen molar-refractivity contribution in [1.82, 2.24) is 8.61 Å². The molecule has 0 saturated carbocycles. The molecule has 336 valence electrons. The maximum absolute atomic E-state index is 11.5. The van der Waals surface area contributed by atoms with Gasteiger partial charge in [0.15, 0.2) is 0 Å². The first-order chi connectivity index (χ1) is 26.7. The van der Waals surface area contributed by atoms with Gasteiger partial charge in [0.1, 0.15) is 0 Å². The molecule has 3 aromatic rings. The number of nitrogens with zero attached hydrogens (tertiary/aromatic N) is 2. The quantitative estimate of drug-likeness (QED) is 0.211. The van der Waals surface area contributed by atoms with Gasteiger partial charge in [-0.3, -0.25) is 0 Å². The van der Waals surface area contributed by atoms with Crippen LogP contribution in [0.1, 0.15) is 144 Å². The Hall–Kier alpha value is -2.43. The topological polar surface area (TPSA) is 74.8 Å². The summed E-state index contributed by atoms with van der Waals surface area (Å²) < 4.78 is 48.0. The third-order valence-electron chi connectivity index (χ3n) is 6.55. The standard InChI is InChI=1S/C11H17NO2S.C11H16.C10H15NO2S.C4H8.C2H6S.5C2H6/c1-4-15(13,14)12(3)9-11-7-5-6-10(2)8-11;1-9-6-5-7-10(8-9)11(2,3)4;1-9-5-4-6-10(7-9)8-11(2)14(3,12)13;1-3-4-2;1-3-2;5*1-2/h5-8H,4,9H2,1-3H3;5-8H,1-4H3;4-7H,8H2,1-3H3;3H,1,4H2,2H3;1-2H3;5*1-2H3. The Balaban J connectivity index is -0.000000111. The Bertz CT molecular complexity index is 1520. The highest BCUT2D eigenvalue weighted by Crippen LogP contribution is 2.22. The van der Waals surface area contributed by atoms with Crippen LogP contribution in [0.4, 0.5) is 0 Å². The van der Waals surface area contributed by atoms with E-state index in [4.69, 9.17) is 0 Å². The van der Waals surface area contributed by atoms with Gasteiger partial charge in [0, 0.05) is 27.2 Å². The van der Waals surface area contributed by atoms with Crippen molar-refractivity contribution in [2.75, 3.05) is 38.6 Å². The molecule has 3 rings (SSSR count). The molecule has 0 unspecified atom stereocenters. The van der Waals surface area contributed by atoms with E-state index in [1.165, 1.54) is 26.0 Å². The van der Waals surface area contributed by atoms with Crippen molar-refractivity contribution in [3.63, 3.8) is 0 Å². The maximum atomic E-state index is 11.5. The van der Waals surface area contributed by atoms with Gasteiger partial charge >= 0.3 is 0 Å². The summed E-state index contributed by atoms with van der Waals surface area (Å²) in [5.74, 6) is 0.148. The van der Waals surface area contributed by atoms with Gasteiger partial charge in [0.25, 0.3) is 0 Å². The molecule has 57 heavy (non-hydrogen) atoms. The highest BCUT2D eigenvalue weighted by Gasteiger charge is 2.15. The van der Waals surface area contributed by atoms with Crippen LogP contribution in [-0.2, 0) is 38.6 Å². The number of sulfonamides is 2. The third-order valence-corrected chi connectivity index (χ3v) is 9.62. The molecule has 0 saturated heterocycles. The molecule has 3 aromatic carbocycles. The maximum Gasteiger partial charge on any atom is 0.213 e. The molecular weight excluding hydrogens is 765 g/mol. The van der Waals surface area contributed by atoms with E-state index in [2.05, 4.69) is 65.5 Å². The summed E-state index contributed by atoms with van der Waals surface area (Å²) in [4.78, 5) is 0. The minimum atomic E-state index is -3.08. The number of thioether (sulfide) groups is 1. The fourth-order valence-corrected chi connectivity index (χ4v) is 4.85. The SMILES string of the molecule is C=CCC.CC.CC.CC.CC.CC.CCS(=O)(=O)N(C)Cc1cccc(C)c1.CSC.Cc1cccc(C(C)(C)C)c1.Cc1cccc(CN(C)S(C)(=O)=O)c1. The minimum Gasteiger partial charge on any atom is -0.213 e. The van der Waals surface area contributed by atoms with E-state index in [9.17, 15) is 16.8 Å². The monoisotopic (exact) mass is 857 g/mol. The molecule has 0 heterocycles. The smallest absolute Gasteiger partial charge is 0.213 e. The summed E-state index contributed by atoms with van der Waals surface area (Å²) in [7, 11) is -2.96. The van der Waals surface area contributed by atoms with E-state index in [1.54, 1.807) is 32.8 Å². The lowest BCUT2D eigenvalue weighted by Gasteiger charge is -2.19. The zero-order chi connectivity index (χ0) is 46.8. The predicted molar refractivity (Wildman–Crippen MR) is 266 cm³/mol. The number of rotatable bonds is 8. The Morgan fingerprint density at radius 3 is 1.14 bits per heavy atom. The molecule has 0 spiro atoms. The lowest BCUT2D eigenvalue weighted by atomic mass is 9.86. The van der Waals surface area contributed by atoms with Crippen LogP contribution in [0, 0.1) is 20.8 Å². The second-order valence-corrected chi connectivity index (χ2v) is 17.6. The van der Waals surface area contributed by atoms with Crippen LogP contribution in [0.25, 0.3) is 0 Å². The van der Waals surface area contributed by atoms with Crippen molar-refractivity contribution in [2.24, 2.45) is 0 Å². The Morgan fingerprint density at radius 2 is 0.912 bits per heavy atom. The van der Waals surface area contributed by atoms with Gasteiger partial charge in [-0.15, -0.1) is 6.58 Å². The predicted octanol–water partition coefficient (Wildman–Crippen LogP) is 14.1.